The Morgan fingerprint density at radius 1 is 1.44 bits per heavy atom. The number of aromatic nitrogens is 2. The second kappa shape index (κ2) is 4.89. The standard InChI is InChI=1S/C12H10BrFN2O2/c1-16-9(6-10(17)18)11(13)15-12(16)7-2-4-8(14)5-3-7/h2-5H,6H2,1H3,(H,17,18). The van der Waals surface area contributed by atoms with Gasteiger partial charge in [0.25, 0.3) is 0 Å². The van der Waals surface area contributed by atoms with Gasteiger partial charge in [-0.15, -0.1) is 0 Å². The predicted molar refractivity (Wildman–Crippen MR) is 67.6 cm³/mol. The lowest BCUT2D eigenvalue weighted by atomic mass is 10.2. The highest BCUT2D eigenvalue weighted by atomic mass is 79.9. The second-order valence-corrected chi connectivity index (χ2v) is 4.56. The smallest absolute Gasteiger partial charge is 0.309 e. The summed E-state index contributed by atoms with van der Waals surface area (Å²) in [4.78, 5) is 15.0. The van der Waals surface area contributed by atoms with Crippen molar-refractivity contribution >= 4 is 21.9 Å². The largest absolute Gasteiger partial charge is 0.481 e. The second-order valence-electron chi connectivity index (χ2n) is 3.81. The number of nitrogens with zero attached hydrogens (tertiary/aromatic N) is 2. The molecule has 0 aliphatic carbocycles. The van der Waals surface area contributed by atoms with Gasteiger partial charge in [0, 0.05) is 12.6 Å². The van der Waals surface area contributed by atoms with E-state index in [0.717, 1.165) is 5.56 Å². The Morgan fingerprint density at radius 3 is 2.61 bits per heavy atom. The molecule has 94 valence electrons. The normalized spacial score (nSPS) is 10.6. The van der Waals surface area contributed by atoms with Crippen LogP contribution in [0.15, 0.2) is 28.9 Å². The van der Waals surface area contributed by atoms with E-state index in [0.29, 0.717) is 16.1 Å². The van der Waals surface area contributed by atoms with Crippen molar-refractivity contribution in [2.75, 3.05) is 0 Å². The summed E-state index contributed by atoms with van der Waals surface area (Å²) < 4.78 is 15.0. The molecule has 6 heteroatoms. The molecule has 0 aliphatic rings. The van der Waals surface area contributed by atoms with Crippen LogP contribution in [0.4, 0.5) is 4.39 Å². The number of rotatable bonds is 3. The average molecular weight is 313 g/mol. The minimum Gasteiger partial charge on any atom is -0.481 e. The maximum absolute atomic E-state index is 12.8. The summed E-state index contributed by atoms with van der Waals surface area (Å²) in [5.74, 6) is -0.653. The van der Waals surface area contributed by atoms with Gasteiger partial charge in [0.15, 0.2) is 0 Å². The molecule has 18 heavy (non-hydrogen) atoms. The molecule has 0 atom stereocenters. The number of carboxylic acid groups (broad SMARTS) is 1. The van der Waals surface area contributed by atoms with Gasteiger partial charge in [0.1, 0.15) is 16.2 Å². The van der Waals surface area contributed by atoms with E-state index in [1.54, 1.807) is 23.7 Å². The predicted octanol–water partition coefficient (Wildman–Crippen LogP) is 2.62. The van der Waals surface area contributed by atoms with E-state index in [2.05, 4.69) is 20.9 Å². The molecule has 1 N–H and O–H groups in total. The summed E-state index contributed by atoms with van der Waals surface area (Å²) in [7, 11) is 1.73. The van der Waals surface area contributed by atoms with Crippen molar-refractivity contribution in [3.05, 3.63) is 40.4 Å². The minimum absolute atomic E-state index is 0.120. The van der Waals surface area contributed by atoms with Gasteiger partial charge in [0.2, 0.25) is 0 Å². The zero-order chi connectivity index (χ0) is 13.3. The number of hydrogen-bond acceptors (Lipinski definition) is 2. The third-order valence-corrected chi connectivity index (χ3v) is 3.22. The van der Waals surface area contributed by atoms with Crippen LogP contribution in [0.5, 0.6) is 0 Å². The first-order valence-corrected chi connectivity index (χ1v) is 5.97. The third kappa shape index (κ3) is 2.43. The van der Waals surface area contributed by atoms with Crippen molar-refractivity contribution in [1.82, 2.24) is 9.55 Å². The molecule has 0 unspecified atom stereocenters. The minimum atomic E-state index is -0.927. The Labute approximate surface area is 111 Å². The molecule has 0 bridgehead atoms. The fraction of sp³-hybridized carbons (Fsp3) is 0.167. The highest BCUT2D eigenvalue weighted by Crippen LogP contribution is 2.25. The van der Waals surface area contributed by atoms with Crippen LogP contribution in [0.3, 0.4) is 0 Å². The summed E-state index contributed by atoms with van der Waals surface area (Å²) in [5, 5.41) is 8.82. The van der Waals surface area contributed by atoms with Crippen LogP contribution in [-0.2, 0) is 18.3 Å². The molecule has 0 saturated heterocycles. The van der Waals surface area contributed by atoms with Crippen LogP contribution in [-0.4, -0.2) is 20.6 Å². The number of carbonyl (C=O) groups is 1. The van der Waals surface area contributed by atoms with Crippen molar-refractivity contribution in [1.29, 1.82) is 0 Å². The zero-order valence-corrected chi connectivity index (χ0v) is 11.1. The fourth-order valence-electron chi connectivity index (χ4n) is 1.69. The first-order valence-electron chi connectivity index (χ1n) is 5.18. The van der Waals surface area contributed by atoms with E-state index in [4.69, 9.17) is 5.11 Å². The Balaban J connectivity index is 2.46. The zero-order valence-electron chi connectivity index (χ0n) is 9.52. The Hall–Kier alpha value is -1.69. The monoisotopic (exact) mass is 312 g/mol. The molecule has 0 aliphatic heterocycles. The molecule has 1 aromatic carbocycles. The lowest BCUT2D eigenvalue weighted by Crippen LogP contribution is -2.06. The van der Waals surface area contributed by atoms with Gasteiger partial charge in [-0.3, -0.25) is 4.79 Å². The van der Waals surface area contributed by atoms with Crippen molar-refractivity contribution in [2.24, 2.45) is 7.05 Å². The Kier molecular flexibility index (Phi) is 3.47. The number of carboxylic acids is 1. The van der Waals surface area contributed by atoms with E-state index >= 15 is 0 Å². The van der Waals surface area contributed by atoms with E-state index in [9.17, 15) is 9.18 Å². The molecule has 0 fully saturated rings. The molecule has 1 aromatic heterocycles. The van der Waals surface area contributed by atoms with Crippen LogP contribution in [0.25, 0.3) is 11.4 Å². The third-order valence-electron chi connectivity index (χ3n) is 2.59. The van der Waals surface area contributed by atoms with Gasteiger partial charge in [-0.05, 0) is 40.2 Å². The average Bonchev–Trinajstić information content (AvgIpc) is 2.58. The van der Waals surface area contributed by atoms with Gasteiger partial charge in [-0.2, -0.15) is 0 Å². The quantitative estimate of drug-likeness (QED) is 0.948. The van der Waals surface area contributed by atoms with Crippen molar-refractivity contribution in [2.45, 2.75) is 6.42 Å². The van der Waals surface area contributed by atoms with Gasteiger partial charge in [0.05, 0.1) is 12.1 Å². The summed E-state index contributed by atoms with van der Waals surface area (Å²) >= 11 is 3.24. The summed E-state index contributed by atoms with van der Waals surface area (Å²) in [5.41, 5.74) is 1.30. The first kappa shape index (κ1) is 12.8. The number of imidazole rings is 1. The lowest BCUT2D eigenvalue weighted by Gasteiger charge is -2.04. The summed E-state index contributed by atoms with van der Waals surface area (Å²) in [6.07, 6.45) is -0.120. The lowest BCUT2D eigenvalue weighted by molar-refractivity contribution is -0.136. The van der Waals surface area contributed by atoms with Gasteiger partial charge in [-0.25, -0.2) is 9.37 Å². The number of halogens is 2. The van der Waals surface area contributed by atoms with Gasteiger partial charge < -0.3 is 9.67 Å². The van der Waals surface area contributed by atoms with Crippen LogP contribution in [0.2, 0.25) is 0 Å². The highest BCUT2D eigenvalue weighted by Gasteiger charge is 2.16. The van der Waals surface area contributed by atoms with Crippen molar-refractivity contribution < 1.29 is 14.3 Å². The fourth-order valence-corrected chi connectivity index (χ4v) is 2.26. The molecule has 0 radical (unpaired) electrons. The van der Waals surface area contributed by atoms with Crippen LogP contribution >= 0.6 is 15.9 Å². The van der Waals surface area contributed by atoms with E-state index in [-0.39, 0.29) is 12.2 Å². The molecule has 4 nitrogen and oxygen atoms in total. The van der Waals surface area contributed by atoms with Crippen LogP contribution in [0.1, 0.15) is 5.69 Å². The summed E-state index contributed by atoms with van der Waals surface area (Å²) in [6, 6.07) is 5.90. The maximum Gasteiger partial charge on any atom is 0.309 e. The maximum atomic E-state index is 12.8. The number of benzene rings is 1. The van der Waals surface area contributed by atoms with Gasteiger partial charge in [-0.1, -0.05) is 0 Å². The molecular formula is C12H10BrFN2O2. The topological polar surface area (TPSA) is 55.1 Å². The molecular weight excluding hydrogens is 303 g/mol. The highest BCUT2D eigenvalue weighted by molar-refractivity contribution is 9.10. The molecule has 0 spiro atoms. The molecule has 2 aromatic rings. The van der Waals surface area contributed by atoms with E-state index in [1.165, 1.54) is 12.1 Å². The Bertz CT molecular complexity index is 593. The number of aliphatic carboxylic acids is 1. The SMILES string of the molecule is Cn1c(-c2ccc(F)cc2)nc(Br)c1CC(=O)O. The molecule has 0 saturated carbocycles. The molecule has 0 amide bonds. The summed E-state index contributed by atoms with van der Waals surface area (Å²) in [6.45, 7) is 0. The van der Waals surface area contributed by atoms with Crippen molar-refractivity contribution in [3.63, 3.8) is 0 Å². The van der Waals surface area contributed by atoms with Crippen LogP contribution in [0, 0.1) is 5.82 Å². The Morgan fingerprint density at radius 2 is 2.06 bits per heavy atom. The number of hydrogen-bond donors (Lipinski definition) is 1. The molecule has 1 heterocycles. The first-order chi connectivity index (χ1) is 8.49. The van der Waals surface area contributed by atoms with Crippen LogP contribution < -0.4 is 0 Å². The van der Waals surface area contributed by atoms with E-state index < -0.39 is 5.97 Å². The molecule has 2 rings (SSSR count). The van der Waals surface area contributed by atoms with Gasteiger partial charge >= 0.3 is 5.97 Å². The van der Waals surface area contributed by atoms with Crippen molar-refractivity contribution in [3.8, 4) is 11.4 Å². The van der Waals surface area contributed by atoms with E-state index in [1.807, 2.05) is 0 Å².